The SMILES string of the molecule is Cc1ccc(S(=O)(=O)NCc2ccccc2OC(F)F)cc1. The first kappa shape index (κ1) is 16.4. The molecule has 4 nitrogen and oxygen atoms in total. The van der Waals surface area contributed by atoms with Gasteiger partial charge in [-0.05, 0) is 25.1 Å². The number of rotatable bonds is 6. The molecule has 0 radical (unpaired) electrons. The number of hydrogen-bond acceptors (Lipinski definition) is 3. The molecular weight excluding hydrogens is 312 g/mol. The van der Waals surface area contributed by atoms with E-state index in [9.17, 15) is 17.2 Å². The molecule has 0 atom stereocenters. The van der Waals surface area contributed by atoms with Crippen molar-refractivity contribution in [3.05, 3.63) is 59.7 Å². The van der Waals surface area contributed by atoms with Crippen LogP contribution in [-0.2, 0) is 16.6 Å². The van der Waals surface area contributed by atoms with Gasteiger partial charge in [-0.25, -0.2) is 13.1 Å². The second-order valence-corrected chi connectivity index (χ2v) is 6.39. The average Bonchev–Trinajstić information content (AvgIpc) is 2.46. The number of alkyl halides is 2. The Balaban J connectivity index is 2.14. The molecule has 0 heterocycles. The van der Waals surface area contributed by atoms with Crippen LogP contribution < -0.4 is 9.46 Å². The first-order chi connectivity index (χ1) is 10.4. The van der Waals surface area contributed by atoms with E-state index in [1.807, 2.05) is 6.92 Å². The molecule has 0 spiro atoms. The van der Waals surface area contributed by atoms with Gasteiger partial charge in [0.2, 0.25) is 10.0 Å². The van der Waals surface area contributed by atoms with E-state index in [2.05, 4.69) is 9.46 Å². The van der Waals surface area contributed by atoms with Gasteiger partial charge in [0, 0.05) is 12.1 Å². The van der Waals surface area contributed by atoms with Crippen LogP contribution in [0.4, 0.5) is 8.78 Å². The Hall–Kier alpha value is -1.99. The van der Waals surface area contributed by atoms with E-state index in [0.29, 0.717) is 5.56 Å². The van der Waals surface area contributed by atoms with Crippen molar-refractivity contribution in [3.8, 4) is 5.75 Å². The molecule has 0 aromatic heterocycles. The van der Waals surface area contributed by atoms with Crippen LogP contribution in [0.15, 0.2) is 53.4 Å². The van der Waals surface area contributed by atoms with E-state index in [4.69, 9.17) is 0 Å². The summed E-state index contributed by atoms with van der Waals surface area (Å²) in [5, 5.41) is 0. The highest BCUT2D eigenvalue weighted by molar-refractivity contribution is 7.89. The lowest BCUT2D eigenvalue weighted by molar-refractivity contribution is -0.0504. The minimum absolute atomic E-state index is 0.0518. The van der Waals surface area contributed by atoms with E-state index in [-0.39, 0.29) is 17.2 Å². The molecule has 0 fully saturated rings. The zero-order valence-corrected chi connectivity index (χ0v) is 12.6. The Morgan fingerprint density at radius 2 is 1.73 bits per heavy atom. The van der Waals surface area contributed by atoms with Crippen LogP contribution in [0.5, 0.6) is 5.75 Å². The molecule has 7 heteroatoms. The molecule has 118 valence electrons. The number of nitrogens with one attached hydrogen (secondary N) is 1. The Kier molecular flexibility index (Phi) is 5.10. The largest absolute Gasteiger partial charge is 0.434 e. The quantitative estimate of drug-likeness (QED) is 0.887. The zero-order valence-electron chi connectivity index (χ0n) is 11.8. The molecule has 22 heavy (non-hydrogen) atoms. The summed E-state index contributed by atoms with van der Waals surface area (Å²) in [4.78, 5) is 0.116. The highest BCUT2D eigenvalue weighted by atomic mass is 32.2. The fourth-order valence-corrected chi connectivity index (χ4v) is 2.84. The predicted octanol–water partition coefficient (Wildman–Crippen LogP) is 3.07. The van der Waals surface area contributed by atoms with Crippen LogP contribution in [0.2, 0.25) is 0 Å². The minimum Gasteiger partial charge on any atom is -0.434 e. The van der Waals surface area contributed by atoms with Gasteiger partial charge in [0.05, 0.1) is 4.90 Å². The third kappa shape index (κ3) is 4.25. The van der Waals surface area contributed by atoms with Crippen LogP contribution in [0.3, 0.4) is 0 Å². The van der Waals surface area contributed by atoms with Crippen molar-refractivity contribution >= 4 is 10.0 Å². The van der Waals surface area contributed by atoms with Crippen LogP contribution in [0.25, 0.3) is 0 Å². The van der Waals surface area contributed by atoms with Crippen LogP contribution in [0.1, 0.15) is 11.1 Å². The van der Waals surface area contributed by atoms with Gasteiger partial charge >= 0.3 is 6.61 Å². The summed E-state index contributed by atoms with van der Waals surface area (Å²) in [7, 11) is -3.71. The van der Waals surface area contributed by atoms with Gasteiger partial charge in [-0.1, -0.05) is 35.9 Å². The van der Waals surface area contributed by atoms with Gasteiger partial charge in [0.15, 0.2) is 0 Å². The van der Waals surface area contributed by atoms with Crippen molar-refractivity contribution in [2.75, 3.05) is 0 Å². The Morgan fingerprint density at radius 3 is 2.36 bits per heavy atom. The van der Waals surface area contributed by atoms with Crippen LogP contribution >= 0.6 is 0 Å². The molecule has 2 aromatic rings. The predicted molar refractivity (Wildman–Crippen MR) is 78.3 cm³/mol. The Labute approximate surface area is 127 Å². The lowest BCUT2D eigenvalue weighted by atomic mass is 10.2. The number of sulfonamides is 1. The summed E-state index contributed by atoms with van der Waals surface area (Å²) in [5.41, 5.74) is 1.27. The van der Waals surface area contributed by atoms with E-state index >= 15 is 0 Å². The summed E-state index contributed by atoms with van der Waals surface area (Å²) in [6.07, 6.45) is 0. The molecule has 0 aliphatic rings. The van der Waals surface area contributed by atoms with Gasteiger partial charge in [0.25, 0.3) is 0 Å². The fraction of sp³-hybridized carbons (Fsp3) is 0.200. The highest BCUT2D eigenvalue weighted by Crippen LogP contribution is 2.21. The molecule has 0 aliphatic carbocycles. The topological polar surface area (TPSA) is 55.4 Å². The molecule has 1 N–H and O–H groups in total. The van der Waals surface area contributed by atoms with Crippen LogP contribution in [-0.4, -0.2) is 15.0 Å². The maximum absolute atomic E-state index is 12.3. The summed E-state index contributed by atoms with van der Waals surface area (Å²) in [6, 6.07) is 12.4. The average molecular weight is 327 g/mol. The zero-order chi connectivity index (χ0) is 16.2. The first-order valence-corrected chi connectivity index (χ1v) is 7.96. The second-order valence-electron chi connectivity index (χ2n) is 4.62. The van der Waals surface area contributed by atoms with Crippen molar-refractivity contribution < 1.29 is 21.9 Å². The number of benzene rings is 2. The number of halogens is 2. The number of hydrogen-bond donors (Lipinski definition) is 1. The molecule has 0 unspecified atom stereocenters. The Morgan fingerprint density at radius 1 is 1.09 bits per heavy atom. The van der Waals surface area contributed by atoms with Crippen molar-refractivity contribution in [2.24, 2.45) is 0 Å². The van der Waals surface area contributed by atoms with Crippen LogP contribution in [0, 0.1) is 6.92 Å². The number of aryl methyl sites for hydroxylation is 1. The van der Waals surface area contributed by atoms with Gasteiger partial charge in [0.1, 0.15) is 5.75 Å². The van der Waals surface area contributed by atoms with Gasteiger partial charge in [-0.3, -0.25) is 0 Å². The van der Waals surface area contributed by atoms with Crippen molar-refractivity contribution in [2.45, 2.75) is 25.0 Å². The normalized spacial score (nSPS) is 11.6. The van der Waals surface area contributed by atoms with Gasteiger partial charge in [-0.2, -0.15) is 8.78 Å². The molecular formula is C15H15F2NO3S. The monoisotopic (exact) mass is 327 g/mol. The molecule has 0 saturated carbocycles. The van der Waals surface area contributed by atoms with E-state index in [1.54, 1.807) is 18.2 Å². The molecule has 2 rings (SSSR count). The first-order valence-electron chi connectivity index (χ1n) is 6.47. The lowest BCUT2D eigenvalue weighted by Gasteiger charge is -2.11. The summed E-state index contributed by atoms with van der Waals surface area (Å²) in [5.74, 6) is -0.0518. The molecule has 0 bridgehead atoms. The highest BCUT2D eigenvalue weighted by Gasteiger charge is 2.15. The number of ether oxygens (including phenoxy) is 1. The maximum atomic E-state index is 12.3. The van der Waals surface area contributed by atoms with Crippen molar-refractivity contribution in [1.29, 1.82) is 0 Å². The summed E-state index contributed by atoms with van der Waals surface area (Å²) >= 11 is 0. The third-order valence-corrected chi connectivity index (χ3v) is 4.39. The number of para-hydroxylation sites is 1. The Bertz CT molecular complexity index is 731. The third-order valence-electron chi connectivity index (χ3n) is 2.97. The van der Waals surface area contributed by atoms with Gasteiger partial charge < -0.3 is 4.74 Å². The smallest absolute Gasteiger partial charge is 0.387 e. The van der Waals surface area contributed by atoms with Gasteiger partial charge in [-0.15, -0.1) is 0 Å². The van der Waals surface area contributed by atoms with Crippen molar-refractivity contribution in [1.82, 2.24) is 4.72 Å². The minimum atomic E-state index is -3.71. The summed E-state index contributed by atoms with van der Waals surface area (Å²) < 4.78 is 55.7. The maximum Gasteiger partial charge on any atom is 0.387 e. The van der Waals surface area contributed by atoms with E-state index in [1.165, 1.54) is 30.3 Å². The van der Waals surface area contributed by atoms with E-state index < -0.39 is 16.6 Å². The standard InChI is InChI=1S/C15H15F2NO3S/c1-11-6-8-13(9-7-11)22(19,20)18-10-12-4-2-3-5-14(12)21-15(16)17/h2-9,15,18H,10H2,1H3. The molecule has 2 aromatic carbocycles. The fourth-order valence-electron chi connectivity index (χ4n) is 1.83. The van der Waals surface area contributed by atoms with E-state index in [0.717, 1.165) is 5.56 Å². The molecule has 0 aliphatic heterocycles. The molecule has 0 saturated heterocycles. The second kappa shape index (κ2) is 6.85. The summed E-state index contributed by atoms with van der Waals surface area (Å²) in [6.45, 7) is -1.25. The molecule has 0 amide bonds. The van der Waals surface area contributed by atoms with Crippen molar-refractivity contribution in [3.63, 3.8) is 0 Å². The lowest BCUT2D eigenvalue weighted by Crippen LogP contribution is -2.23.